The van der Waals surface area contributed by atoms with Crippen LogP contribution in [0.25, 0.3) is 11.3 Å². The Morgan fingerprint density at radius 1 is 1.25 bits per heavy atom. The highest BCUT2D eigenvalue weighted by Crippen LogP contribution is 2.20. The second-order valence-corrected chi connectivity index (χ2v) is 5.63. The Kier molecular flexibility index (Phi) is 3.85. The molecule has 0 saturated carbocycles. The van der Waals surface area contributed by atoms with Gasteiger partial charge in [-0.2, -0.15) is 0 Å². The first kappa shape index (κ1) is 13.3. The molecule has 1 aromatic heterocycles. The molecule has 0 N–H and O–H groups in total. The summed E-state index contributed by atoms with van der Waals surface area (Å²) >= 11 is 0. The van der Waals surface area contributed by atoms with Gasteiger partial charge in [0.1, 0.15) is 5.69 Å². The van der Waals surface area contributed by atoms with Gasteiger partial charge in [0.05, 0.1) is 6.54 Å². The maximum atomic E-state index is 5.49. The first-order valence-corrected chi connectivity index (χ1v) is 7.16. The van der Waals surface area contributed by atoms with E-state index in [-0.39, 0.29) is 0 Å². The average molecular weight is 271 g/mol. The number of aromatic nitrogens is 1. The van der Waals surface area contributed by atoms with Gasteiger partial charge in [0.15, 0.2) is 5.76 Å². The van der Waals surface area contributed by atoms with E-state index < -0.39 is 0 Å². The van der Waals surface area contributed by atoms with Crippen LogP contribution in [0.4, 0.5) is 0 Å². The van der Waals surface area contributed by atoms with Crippen molar-refractivity contribution in [2.45, 2.75) is 19.5 Å². The van der Waals surface area contributed by atoms with Crippen molar-refractivity contribution in [3.63, 3.8) is 0 Å². The molecule has 1 aliphatic rings. The van der Waals surface area contributed by atoms with E-state index in [2.05, 4.69) is 47.1 Å². The minimum atomic E-state index is 0.555. The first-order valence-electron chi connectivity index (χ1n) is 7.16. The molecule has 1 atom stereocenters. The molecule has 0 spiro atoms. The lowest BCUT2D eigenvalue weighted by atomic mass is 10.1. The maximum Gasteiger partial charge on any atom is 0.151 e. The lowest BCUT2D eigenvalue weighted by Gasteiger charge is -2.37. The van der Waals surface area contributed by atoms with Crippen molar-refractivity contribution in [3.05, 3.63) is 42.2 Å². The van der Waals surface area contributed by atoms with E-state index in [4.69, 9.17) is 4.52 Å². The Labute approximate surface area is 120 Å². The summed E-state index contributed by atoms with van der Waals surface area (Å²) in [5.74, 6) is 0.945. The molecule has 1 unspecified atom stereocenters. The topological polar surface area (TPSA) is 32.5 Å². The number of rotatable bonds is 3. The van der Waals surface area contributed by atoms with Crippen LogP contribution >= 0.6 is 0 Å². The molecular weight excluding hydrogens is 250 g/mol. The van der Waals surface area contributed by atoms with Crippen LogP contribution in [0.5, 0.6) is 0 Å². The quantitative estimate of drug-likeness (QED) is 0.858. The highest BCUT2D eigenvalue weighted by Gasteiger charge is 2.22. The molecule has 2 heterocycles. The number of hydrogen-bond acceptors (Lipinski definition) is 4. The van der Waals surface area contributed by atoms with Gasteiger partial charge in [0.2, 0.25) is 0 Å². The third-order valence-electron chi connectivity index (χ3n) is 3.96. The van der Waals surface area contributed by atoms with Crippen molar-refractivity contribution in [2.24, 2.45) is 0 Å². The molecule has 0 bridgehead atoms. The SMILES string of the molecule is CC1CN(C)CCN1Cc1cc(-c2ccccc2)no1. The molecular formula is C16H21N3O. The summed E-state index contributed by atoms with van der Waals surface area (Å²) in [6, 6.07) is 12.8. The van der Waals surface area contributed by atoms with Crippen molar-refractivity contribution in [1.29, 1.82) is 0 Å². The molecule has 106 valence electrons. The Morgan fingerprint density at radius 2 is 2.05 bits per heavy atom. The van der Waals surface area contributed by atoms with E-state index in [1.807, 2.05) is 18.2 Å². The lowest BCUT2D eigenvalue weighted by molar-refractivity contribution is 0.0854. The fourth-order valence-electron chi connectivity index (χ4n) is 2.74. The molecule has 0 amide bonds. The normalized spacial score (nSPS) is 21.2. The standard InChI is InChI=1S/C16H21N3O/c1-13-11-18(2)8-9-19(13)12-15-10-16(17-20-15)14-6-4-3-5-7-14/h3-7,10,13H,8-9,11-12H2,1-2H3. The van der Waals surface area contributed by atoms with E-state index in [0.29, 0.717) is 6.04 Å². The van der Waals surface area contributed by atoms with Crippen LogP contribution in [-0.2, 0) is 6.54 Å². The number of nitrogens with zero attached hydrogens (tertiary/aromatic N) is 3. The predicted octanol–water partition coefficient (Wildman–Crippen LogP) is 2.48. The van der Waals surface area contributed by atoms with Crippen molar-refractivity contribution >= 4 is 0 Å². The van der Waals surface area contributed by atoms with Gasteiger partial charge in [0, 0.05) is 37.3 Å². The summed E-state index contributed by atoms with van der Waals surface area (Å²) in [6.07, 6.45) is 0. The third-order valence-corrected chi connectivity index (χ3v) is 3.96. The molecule has 0 aliphatic carbocycles. The molecule has 4 heteroatoms. The molecule has 1 saturated heterocycles. The fourth-order valence-corrected chi connectivity index (χ4v) is 2.74. The fraction of sp³-hybridized carbons (Fsp3) is 0.438. The highest BCUT2D eigenvalue weighted by molar-refractivity contribution is 5.58. The Morgan fingerprint density at radius 3 is 2.80 bits per heavy atom. The van der Waals surface area contributed by atoms with Crippen LogP contribution in [0.1, 0.15) is 12.7 Å². The number of benzene rings is 1. The van der Waals surface area contributed by atoms with Gasteiger partial charge in [0.25, 0.3) is 0 Å². The van der Waals surface area contributed by atoms with E-state index >= 15 is 0 Å². The minimum absolute atomic E-state index is 0.555. The predicted molar refractivity (Wildman–Crippen MR) is 79.3 cm³/mol. The van der Waals surface area contributed by atoms with Gasteiger partial charge < -0.3 is 9.42 Å². The second kappa shape index (κ2) is 5.77. The van der Waals surface area contributed by atoms with Crippen LogP contribution in [0, 0.1) is 0 Å². The van der Waals surface area contributed by atoms with E-state index in [9.17, 15) is 0 Å². The second-order valence-electron chi connectivity index (χ2n) is 5.63. The van der Waals surface area contributed by atoms with Gasteiger partial charge in [-0.25, -0.2) is 0 Å². The third kappa shape index (κ3) is 2.92. The van der Waals surface area contributed by atoms with Crippen LogP contribution in [0.2, 0.25) is 0 Å². The molecule has 20 heavy (non-hydrogen) atoms. The van der Waals surface area contributed by atoms with E-state index in [1.54, 1.807) is 0 Å². The molecule has 2 aromatic rings. The summed E-state index contributed by atoms with van der Waals surface area (Å²) < 4.78 is 5.49. The highest BCUT2D eigenvalue weighted by atomic mass is 16.5. The maximum absolute atomic E-state index is 5.49. The lowest BCUT2D eigenvalue weighted by Crippen LogP contribution is -2.49. The molecule has 3 rings (SSSR count). The average Bonchev–Trinajstić information content (AvgIpc) is 2.92. The zero-order chi connectivity index (χ0) is 13.9. The van der Waals surface area contributed by atoms with Crippen molar-refractivity contribution in [1.82, 2.24) is 15.0 Å². The number of hydrogen-bond donors (Lipinski definition) is 0. The largest absolute Gasteiger partial charge is 0.359 e. The van der Waals surface area contributed by atoms with Gasteiger partial charge >= 0.3 is 0 Å². The van der Waals surface area contributed by atoms with E-state index in [0.717, 1.165) is 43.2 Å². The Bertz CT molecular complexity index is 552. The van der Waals surface area contributed by atoms with Crippen LogP contribution in [0.15, 0.2) is 40.9 Å². The van der Waals surface area contributed by atoms with Crippen molar-refractivity contribution < 1.29 is 4.52 Å². The van der Waals surface area contributed by atoms with Crippen LogP contribution in [0.3, 0.4) is 0 Å². The summed E-state index contributed by atoms with van der Waals surface area (Å²) in [6.45, 7) is 6.42. The van der Waals surface area contributed by atoms with E-state index in [1.165, 1.54) is 0 Å². The Balaban J connectivity index is 1.69. The summed E-state index contributed by atoms with van der Waals surface area (Å²) in [5, 5.41) is 4.18. The zero-order valence-electron chi connectivity index (χ0n) is 12.1. The smallest absolute Gasteiger partial charge is 0.151 e. The minimum Gasteiger partial charge on any atom is -0.359 e. The summed E-state index contributed by atoms with van der Waals surface area (Å²) in [5.41, 5.74) is 2.02. The monoisotopic (exact) mass is 271 g/mol. The number of likely N-dealkylation sites (N-methyl/N-ethyl adjacent to an activating group) is 1. The first-order chi connectivity index (χ1) is 9.72. The van der Waals surface area contributed by atoms with Gasteiger partial charge in [-0.1, -0.05) is 35.5 Å². The van der Waals surface area contributed by atoms with Crippen LogP contribution in [-0.4, -0.2) is 47.7 Å². The van der Waals surface area contributed by atoms with Gasteiger partial charge in [-0.15, -0.1) is 0 Å². The van der Waals surface area contributed by atoms with Crippen molar-refractivity contribution in [2.75, 3.05) is 26.7 Å². The molecule has 1 aromatic carbocycles. The summed E-state index contributed by atoms with van der Waals surface area (Å²) in [7, 11) is 2.18. The van der Waals surface area contributed by atoms with Crippen molar-refractivity contribution in [3.8, 4) is 11.3 Å². The Hall–Kier alpha value is -1.65. The molecule has 4 nitrogen and oxygen atoms in total. The van der Waals surface area contributed by atoms with Gasteiger partial charge in [-0.05, 0) is 14.0 Å². The van der Waals surface area contributed by atoms with Gasteiger partial charge in [-0.3, -0.25) is 4.90 Å². The zero-order valence-corrected chi connectivity index (χ0v) is 12.1. The molecule has 1 aliphatic heterocycles. The molecule has 0 radical (unpaired) electrons. The molecule has 1 fully saturated rings. The number of piperazine rings is 1. The van der Waals surface area contributed by atoms with Crippen LogP contribution < -0.4 is 0 Å². The summed E-state index contributed by atoms with van der Waals surface area (Å²) in [4.78, 5) is 4.83.